The van der Waals surface area contributed by atoms with Gasteiger partial charge in [0.05, 0.1) is 6.54 Å². The second-order valence-electron chi connectivity index (χ2n) is 7.07. The summed E-state index contributed by atoms with van der Waals surface area (Å²) in [6.07, 6.45) is 5.80. The van der Waals surface area contributed by atoms with Crippen LogP contribution >= 0.6 is 0 Å². The summed E-state index contributed by atoms with van der Waals surface area (Å²) >= 11 is 0. The lowest BCUT2D eigenvalue weighted by atomic mass is 10.0. The third-order valence-corrected chi connectivity index (χ3v) is 5.09. The Morgan fingerprint density at radius 2 is 2.19 bits per heavy atom. The Balaban J connectivity index is 1.59. The number of hydrogen-bond acceptors (Lipinski definition) is 3. The van der Waals surface area contributed by atoms with Crippen LogP contribution in [-0.2, 0) is 16.0 Å². The molecule has 144 valence electrons. The molecule has 2 atom stereocenters. The number of carbonyl (C=O) groups is 2. The Bertz CT molecular complexity index is 793. The van der Waals surface area contributed by atoms with E-state index in [2.05, 4.69) is 5.10 Å². The second-order valence-corrected chi connectivity index (χ2v) is 7.07. The Kier molecular flexibility index (Phi) is 5.88. The summed E-state index contributed by atoms with van der Waals surface area (Å²) in [7, 11) is 1.64. The minimum atomic E-state index is -0.459. The molecule has 7 heteroatoms. The SMILES string of the molecule is C[C@H](C(=O)N(C)CC(=O)N1CCC[C@@H]1Cc1cccc(F)c1)n1cccn1. The molecule has 27 heavy (non-hydrogen) atoms. The van der Waals surface area contributed by atoms with Crippen molar-refractivity contribution in [2.24, 2.45) is 0 Å². The topological polar surface area (TPSA) is 58.4 Å². The molecule has 2 amide bonds. The molecule has 0 spiro atoms. The zero-order chi connectivity index (χ0) is 19.4. The number of halogens is 1. The predicted molar refractivity (Wildman–Crippen MR) is 99.4 cm³/mol. The fourth-order valence-electron chi connectivity index (χ4n) is 3.63. The van der Waals surface area contributed by atoms with E-state index >= 15 is 0 Å². The number of likely N-dealkylation sites (tertiary alicyclic amines) is 1. The zero-order valence-corrected chi connectivity index (χ0v) is 15.7. The van der Waals surface area contributed by atoms with E-state index in [1.165, 1.54) is 17.0 Å². The lowest BCUT2D eigenvalue weighted by molar-refractivity contribution is -0.141. The molecule has 6 nitrogen and oxygen atoms in total. The number of hydrogen-bond donors (Lipinski definition) is 0. The molecule has 1 aliphatic heterocycles. The van der Waals surface area contributed by atoms with Gasteiger partial charge >= 0.3 is 0 Å². The van der Waals surface area contributed by atoms with Gasteiger partial charge in [-0.05, 0) is 49.9 Å². The Labute approximate surface area is 158 Å². The normalized spacial score (nSPS) is 17.7. The summed E-state index contributed by atoms with van der Waals surface area (Å²) in [6, 6.07) is 7.85. The molecule has 0 aliphatic carbocycles. The fourth-order valence-corrected chi connectivity index (χ4v) is 3.63. The summed E-state index contributed by atoms with van der Waals surface area (Å²) in [5.41, 5.74) is 0.886. The number of nitrogens with zero attached hydrogens (tertiary/aromatic N) is 4. The first-order chi connectivity index (χ1) is 13.0. The Morgan fingerprint density at radius 3 is 2.89 bits per heavy atom. The number of amides is 2. The van der Waals surface area contributed by atoms with Gasteiger partial charge in [0.25, 0.3) is 0 Å². The molecule has 1 aromatic carbocycles. The summed E-state index contributed by atoms with van der Waals surface area (Å²) in [5.74, 6) is -0.494. The van der Waals surface area contributed by atoms with Crippen molar-refractivity contribution in [3.63, 3.8) is 0 Å². The molecular weight excluding hydrogens is 347 g/mol. The number of benzene rings is 1. The van der Waals surface area contributed by atoms with E-state index in [4.69, 9.17) is 0 Å². The van der Waals surface area contributed by atoms with Gasteiger partial charge in [-0.3, -0.25) is 14.3 Å². The van der Waals surface area contributed by atoms with Gasteiger partial charge in [-0.15, -0.1) is 0 Å². The maximum Gasteiger partial charge on any atom is 0.247 e. The maximum atomic E-state index is 13.4. The van der Waals surface area contributed by atoms with Crippen LogP contribution in [0.3, 0.4) is 0 Å². The van der Waals surface area contributed by atoms with Crippen LogP contribution in [0.1, 0.15) is 31.4 Å². The van der Waals surface area contributed by atoms with Crippen molar-refractivity contribution < 1.29 is 14.0 Å². The first kappa shape index (κ1) is 19.1. The van der Waals surface area contributed by atoms with E-state index in [0.29, 0.717) is 13.0 Å². The summed E-state index contributed by atoms with van der Waals surface area (Å²) in [6.45, 7) is 2.47. The van der Waals surface area contributed by atoms with Gasteiger partial charge in [0.2, 0.25) is 11.8 Å². The van der Waals surface area contributed by atoms with E-state index in [-0.39, 0.29) is 30.2 Å². The van der Waals surface area contributed by atoms with Gasteiger partial charge in [0.15, 0.2) is 0 Å². The smallest absolute Gasteiger partial charge is 0.247 e. The van der Waals surface area contributed by atoms with Crippen LogP contribution in [0.5, 0.6) is 0 Å². The summed E-state index contributed by atoms with van der Waals surface area (Å²) in [4.78, 5) is 28.6. The molecule has 0 bridgehead atoms. The van der Waals surface area contributed by atoms with Crippen molar-refractivity contribution in [1.82, 2.24) is 19.6 Å². The lowest BCUT2D eigenvalue weighted by Crippen LogP contribution is -2.45. The standard InChI is InChI=1S/C20H25FN4O2/c1-15(25-11-5-9-22-25)20(27)23(2)14-19(26)24-10-4-8-18(24)13-16-6-3-7-17(21)12-16/h3,5-7,9,11-12,15,18H,4,8,10,13-14H2,1-2H3/t15-,18-/m1/s1. The van der Waals surface area contributed by atoms with Crippen LogP contribution in [0, 0.1) is 5.82 Å². The van der Waals surface area contributed by atoms with Crippen molar-refractivity contribution in [3.8, 4) is 0 Å². The van der Waals surface area contributed by atoms with E-state index in [9.17, 15) is 14.0 Å². The Hall–Kier alpha value is -2.70. The van der Waals surface area contributed by atoms with E-state index in [0.717, 1.165) is 18.4 Å². The molecule has 1 aliphatic rings. The minimum absolute atomic E-state index is 0.0318. The molecule has 1 fully saturated rings. The second kappa shape index (κ2) is 8.33. The van der Waals surface area contributed by atoms with Crippen molar-refractivity contribution in [3.05, 3.63) is 54.1 Å². The molecule has 0 unspecified atom stereocenters. The monoisotopic (exact) mass is 372 g/mol. The lowest BCUT2D eigenvalue weighted by Gasteiger charge is -2.28. The van der Waals surface area contributed by atoms with Gasteiger partial charge in [-0.2, -0.15) is 5.10 Å². The molecule has 0 radical (unpaired) electrons. The van der Waals surface area contributed by atoms with Gasteiger partial charge in [-0.25, -0.2) is 4.39 Å². The molecule has 0 N–H and O–H groups in total. The van der Waals surface area contributed by atoms with Crippen molar-refractivity contribution in [2.45, 2.75) is 38.3 Å². The molecule has 0 saturated carbocycles. The highest BCUT2D eigenvalue weighted by molar-refractivity contribution is 5.86. The molecule has 1 saturated heterocycles. The van der Waals surface area contributed by atoms with Gasteiger partial charge in [0, 0.05) is 32.0 Å². The predicted octanol–water partition coefficient (Wildman–Crippen LogP) is 2.28. The number of carbonyl (C=O) groups excluding carboxylic acids is 2. The van der Waals surface area contributed by atoms with Crippen LogP contribution < -0.4 is 0 Å². The molecule has 2 aromatic rings. The molecular formula is C20H25FN4O2. The highest BCUT2D eigenvalue weighted by Gasteiger charge is 2.30. The van der Waals surface area contributed by atoms with Crippen molar-refractivity contribution >= 4 is 11.8 Å². The van der Waals surface area contributed by atoms with Crippen LogP contribution in [-0.4, -0.2) is 57.6 Å². The van der Waals surface area contributed by atoms with Gasteiger partial charge < -0.3 is 9.80 Å². The molecule has 1 aromatic heterocycles. The summed E-state index contributed by atoms with van der Waals surface area (Å²) < 4.78 is 15.0. The van der Waals surface area contributed by atoms with Crippen molar-refractivity contribution in [2.75, 3.05) is 20.1 Å². The van der Waals surface area contributed by atoms with Crippen LogP contribution in [0.2, 0.25) is 0 Å². The average Bonchev–Trinajstić information content (AvgIpc) is 3.32. The highest BCUT2D eigenvalue weighted by atomic mass is 19.1. The Morgan fingerprint density at radius 1 is 1.37 bits per heavy atom. The maximum absolute atomic E-state index is 13.4. The van der Waals surface area contributed by atoms with E-state index in [1.807, 2.05) is 11.0 Å². The fraction of sp³-hybridized carbons (Fsp3) is 0.450. The summed E-state index contributed by atoms with van der Waals surface area (Å²) in [5, 5.41) is 4.09. The molecule has 3 rings (SSSR count). The quantitative estimate of drug-likeness (QED) is 0.782. The first-order valence-electron chi connectivity index (χ1n) is 9.23. The molecule has 2 heterocycles. The van der Waals surface area contributed by atoms with E-state index in [1.54, 1.807) is 43.2 Å². The highest BCUT2D eigenvalue weighted by Crippen LogP contribution is 2.22. The zero-order valence-electron chi connectivity index (χ0n) is 15.7. The van der Waals surface area contributed by atoms with Gasteiger partial charge in [0.1, 0.15) is 11.9 Å². The van der Waals surface area contributed by atoms with Crippen LogP contribution in [0.4, 0.5) is 4.39 Å². The largest absolute Gasteiger partial charge is 0.338 e. The first-order valence-corrected chi connectivity index (χ1v) is 9.23. The number of aromatic nitrogens is 2. The number of likely N-dealkylation sites (N-methyl/N-ethyl adjacent to an activating group) is 1. The number of rotatable bonds is 6. The van der Waals surface area contributed by atoms with Crippen LogP contribution in [0.15, 0.2) is 42.7 Å². The third kappa shape index (κ3) is 4.53. The van der Waals surface area contributed by atoms with Crippen molar-refractivity contribution in [1.29, 1.82) is 0 Å². The van der Waals surface area contributed by atoms with E-state index < -0.39 is 6.04 Å². The minimum Gasteiger partial charge on any atom is -0.338 e. The third-order valence-electron chi connectivity index (χ3n) is 5.09. The van der Waals surface area contributed by atoms with Gasteiger partial charge in [-0.1, -0.05) is 12.1 Å². The van der Waals surface area contributed by atoms with Crippen LogP contribution in [0.25, 0.3) is 0 Å². The average molecular weight is 372 g/mol.